The van der Waals surface area contributed by atoms with Crippen LogP contribution in [0.5, 0.6) is 0 Å². The molecule has 2 aliphatic heterocycles. The van der Waals surface area contributed by atoms with Gasteiger partial charge in [0, 0.05) is 36.3 Å². The molecule has 3 heterocycles. The van der Waals surface area contributed by atoms with Crippen LogP contribution >= 0.6 is 0 Å². The van der Waals surface area contributed by atoms with Gasteiger partial charge < -0.3 is 11.1 Å². The van der Waals surface area contributed by atoms with Crippen LogP contribution < -0.4 is 11.1 Å². The van der Waals surface area contributed by atoms with Crippen molar-refractivity contribution in [2.24, 2.45) is 0 Å². The number of fused-ring (bicyclic) bond motifs is 2. The van der Waals surface area contributed by atoms with Crippen molar-refractivity contribution in [1.29, 1.82) is 0 Å². The first-order valence-electron chi connectivity index (χ1n) is 9.65. The molecule has 5 rings (SSSR count). The Morgan fingerprint density at radius 1 is 1.10 bits per heavy atom. The molecule has 0 spiro atoms. The minimum Gasteiger partial charge on any atom is -0.382 e. The zero-order valence-corrected chi connectivity index (χ0v) is 16.8. The van der Waals surface area contributed by atoms with Crippen LogP contribution in [0.3, 0.4) is 0 Å². The number of sulfonamides is 1. The SMILES string of the molecule is Nc1cnc(-c2ccc(-c3ccccc3S(=O)(=O)N3CC4CC3CN4)cc2F)cn1. The zero-order valence-electron chi connectivity index (χ0n) is 16.0. The van der Waals surface area contributed by atoms with Crippen LogP contribution in [0.4, 0.5) is 10.2 Å². The van der Waals surface area contributed by atoms with E-state index in [0.717, 1.165) is 6.42 Å². The maximum Gasteiger partial charge on any atom is 0.244 e. The van der Waals surface area contributed by atoms with Crippen LogP contribution in [0.1, 0.15) is 6.42 Å². The average Bonchev–Trinajstić information content (AvgIpc) is 3.39. The molecule has 1 aromatic heterocycles. The minimum absolute atomic E-state index is 0.0312. The van der Waals surface area contributed by atoms with E-state index in [4.69, 9.17) is 5.73 Å². The van der Waals surface area contributed by atoms with Crippen LogP contribution in [0.25, 0.3) is 22.4 Å². The molecule has 2 atom stereocenters. The number of anilines is 1. The first-order valence-corrected chi connectivity index (χ1v) is 11.1. The summed E-state index contributed by atoms with van der Waals surface area (Å²) in [5, 5.41) is 3.31. The van der Waals surface area contributed by atoms with Crippen molar-refractivity contribution in [3.8, 4) is 22.4 Å². The summed E-state index contributed by atoms with van der Waals surface area (Å²) in [4.78, 5) is 8.24. The second-order valence-corrected chi connectivity index (χ2v) is 9.45. The van der Waals surface area contributed by atoms with Crippen molar-refractivity contribution in [2.75, 3.05) is 18.8 Å². The number of nitrogen functional groups attached to an aromatic ring is 1. The number of nitrogens with two attached hydrogens (primary N) is 1. The molecule has 9 heteroatoms. The Bertz CT molecular complexity index is 1220. The zero-order chi connectivity index (χ0) is 20.9. The molecule has 30 heavy (non-hydrogen) atoms. The maximum absolute atomic E-state index is 14.9. The number of nitrogens with zero attached hydrogens (tertiary/aromatic N) is 3. The number of piperazine rings is 1. The third kappa shape index (κ3) is 3.15. The van der Waals surface area contributed by atoms with Gasteiger partial charge in [0.05, 0.1) is 23.0 Å². The fourth-order valence-corrected chi connectivity index (χ4v) is 6.14. The molecule has 2 aliphatic rings. The normalized spacial score (nSPS) is 21.2. The summed E-state index contributed by atoms with van der Waals surface area (Å²) in [7, 11) is -3.69. The van der Waals surface area contributed by atoms with E-state index >= 15 is 0 Å². The summed E-state index contributed by atoms with van der Waals surface area (Å²) in [6, 6.07) is 11.5. The summed E-state index contributed by atoms with van der Waals surface area (Å²) in [6.45, 7) is 1.13. The van der Waals surface area contributed by atoms with Crippen molar-refractivity contribution in [1.82, 2.24) is 19.6 Å². The lowest BCUT2D eigenvalue weighted by Crippen LogP contribution is -2.46. The average molecular weight is 425 g/mol. The highest BCUT2D eigenvalue weighted by Crippen LogP contribution is 2.35. The second kappa shape index (κ2) is 7.12. The monoisotopic (exact) mass is 425 g/mol. The number of hydrogen-bond donors (Lipinski definition) is 2. The first kappa shape index (κ1) is 19.1. The van der Waals surface area contributed by atoms with Gasteiger partial charge in [0.1, 0.15) is 11.6 Å². The molecule has 3 aromatic rings. The topological polar surface area (TPSA) is 101 Å². The summed E-state index contributed by atoms with van der Waals surface area (Å²) < 4.78 is 43.3. The molecule has 0 saturated carbocycles. The fraction of sp³-hybridized carbons (Fsp3) is 0.238. The summed E-state index contributed by atoms with van der Waals surface area (Å²) in [5.74, 6) is -0.260. The molecule has 0 aliphatic carbocycles. The highest BCUT2D eigenvalue weighted by Gasteiger charge is 2.44. The molecule has 2 unspecified atom stereocenters. The Hall–Kier alpha value is -2.88. The fourth-order valence-electron chi connectivity index (χ4n) is 4.24. The van der Waals surface area contributed by atoms with Gasteiger partial charge >= 0.3 is 0 Å². The van der Waals surface area contributed by atoms with E-state index in [1.165, 1.54) is 18.5 Å². The lowest BCUT2D eigenvalue weighted by Gasteiger charge is -2.27. The summed E-state index contributed by atoms with van der Waals surface area (Å²) in [5.41, 5.74) is 7.13. The number of hydrogen-bond acceptors (Lipinski definition) is 6. The summed E-state index contributed by atoms with van der Waals surface area (Å²) >= 11 is 0. The lowest BCUT2D eigenvalue weighted by molar-refractivity contribution is 0.349. The number of rotatable bonds is 4. The highest BCUT2D eigenvalue weighted by atomic mass is 32.2. The molecular weight excluding hydrogens is 405 g/mol. The largest absolute Gasteiger partial charge is 0.382 e. The molecule has 2 bridgehead atoms. The number of benzene rings is 2. The molecule has 3 N–H and O–H groups in total. The standard InChI is InChI=1S/C21H20FN5O2S/c22-18-7-13(5-6-17(18)19-10-26-21(23)11-25-19)16-3-1-2-4-20(16)30(28,29)27-12-14-8-15(27)9-24-14/h1-7,10-11,14-15,24H,8-9,12H2,(H2,23,26). The van der Waals surface area contributed by atoms with Gasteiger partial charge in [-0.05, 0) is 30.2 Å². The molecule has 0 amide bonds. The van der Waals surface area contributed by atoms with Crippen LogP contribution in [0.2, 0.25) is 0 Å². The van der Waals surface area contributed by atoms with Gasteiger partial charge in [-0.1, -0.05) is 24.3 Å². The van der Waals surface area contributed by atoms with Gasteiger partial charge in [-0.2, -0.15) is 4.31 Å². The van der Waals surface area contributed by atoms with Gasteiger partial charge in [-0.15, -0.1) is 0 Å². The van der Waals surface area contributed by atoms with Gasteiger partial charge in [0.25, 0.3) is 0 Å². The predicted octanol–water partition coefficient (Wildman–Crippen LogP) is 2.27. The first-order chi connectivity index (χ1) is 14.4. The van der Waals surface area contributed by atoms with Crippen LogP contribution in [0, 0.1) is 5.82 Å². The maximum atomic E-state index is 14.9. The predicted molar refractivity (Wildman–Crippen MR) is 111 cm³/mol. The van der Waals surface area contributed by atoms with Crippen molar-refractivity contribution >= 4 is 15.8 Å². The van der Waals surface area contributed by atoms with Crippen LogP contribution in [-0.4, -0.2) is 47.9 Å². The van der Waals surface area contributed by atoms with E-state index < -0.39 is 15.8 Å². The van der Waals surface area contributed by atoms with E-state index in [9.17, 15) is 12.8 Å². The molecule has 7 nitrogen and oxygen atoms in total. The third-order valence-electron chi connectivity index (χ3n) is 5.71. The minimum atomic E-state index is -3.69. The van der Waals surface area contributed by atoms with E-state index in [1.54, 1.807) is 40.7 Å². The molecule has 2 saturated heterocycles. The van der Waals surface area contributed by atoms with Crippen molar-refractivity contribution in [3.05, 3.63) is 60.7 Å². The molecule has 2 aromatic carbocycles. The van der Waals surface area contributed by atoms with E-state index in [1.807, 2.05) is 0 Å². The van der Waals surface area contributed by atoms with Gasteiger partial charge in [0.2, 0.25) is 10.0 Å². The Kier molecular flexibility index (Phi) is 4.53. The molecular formula is C21H20FN5O2S. The quantitative estimate of drug-likeness (QED) is 0.665. The highest BCUT2D eigenvalue weighted by molar-refractivity contribution is 7.89. The van der Waals surface area contributed by atoms with E-state index in [-0.39, 0.29) is 28.4 Å². The van der Waals surface area contributed by atoms with Gasteiger partial charge in [-0.3, -0.25) is 4.98 Å². The van der Waals surface area contributed by atoms with Gasteiger partial charge in [-0.25, -0.2) is 17.8 Å². The number of aromatic nitrogens is 2. The lowest BCUT2D eigenvalue weighted by atomic mass is 10.0. The molecule has 2 fully saturated rings. The molecule has 0 radical (unpaired) electrons. The number of halogens is 1. The Morgan fingerprint density at radius 2 is 1.93 bits per heavy atom. The Morgan fingerprint density at radius 3 is 2.60 bits per heavy atom. The van der Waals surface area contributed by atoms with E-state index in [0.29, 0.717) is 29.9 Å². The smallest absolute Gasteiger partial charge is 0.244 e. The van der Waals surface area contributed by atoms with E-state index in [2.05, 4.69) is 15.3 Å². The second-order valence-electron chi connectivity index (χ2n) is 7.59. The Labute approximate surface area is 173 Å². The summed E-state index contributed by atoms with van der Waals surface area (Å²) in [6.07, 6.45) is 3.60. The Balaban J connectivity index is 1.54. The number of nitrogens with one attached hydrogen (secondary N) is 1. The van der Waals surface area contributed by atoms with Gasteiger partial charge in [0.15, 0.2) is 0 Å². The van der Waals surface area contributed by atoms with Crippen molar-refractivity contribution < 1.29 is 12.8 Å². The van der Waals surface area contributed by atoms with Crippen LogP contribution in [0.15, 0.2) is 59.8 Å². The molecule has 154 valence electrons. The third-order valence-corrected chi connectivity index (χ3v) is 7.68. The van der Waals surface area contributed by atoms with Crippen molar-refractivity contribution in [2.45, 2.75) is 23.4 Å². The van der Waals surface area contributed by atoms with Crippen molar-refractivity contribution in [3.63, 3.8) is 0 Å². The van der Waals surface area contributed by atoms with Crippen LogP contribution in [-0.2, 0) is 10.0 Å².